The van der Waals surface area contributed by atoms with Gasteiger partial charge in [-0.1, -0.05) is 42.5 Å². The van der Waals surface area contributed by atoms with Crippen LogP contribution in [-0.4, -0.2) is 28.2 Å². The lowest BCUT2D eigenvalue weighted by Crippen LogP contribution is -2.33. The van der Waals surface area contributed by atoms with Gasteiger partial charge in [-0.2, -0.15) is 9.83 Å². The van der Waals surface area contributed by atoms with E-state index < -0.39 is 0 Å². The SMILES string of the molecule is [O-][n+]1ccc(CN2CCC(c3[nH]ncc3Cc3ccccc3)CC2)c2ccccc21. The number of piperidine rings is 1. The fraction of sp³-hybridized carbons (Fsp3) is 0.280. The number of nitrogens with one attached hydrogen (secondary N) is 1. The highest BCUT2D eigenvalue weighted by Gasteiger charge is 2.24. The Morgan fingerprint density at radius 3 is 2.57 bits per heavy atom. The maximum Gasteiger partial charge on any atom is 0.224 e. The van der Waals surface area contributed by atoms with Crippen molar-refractivity contribution >= 4 is 10.9 Å². The summed E-state index contributed by atoms with van der Waals surface area (Å²) in [5, 5.41) is 20.7. The van der Waals surface area contributed by atoms with Gasteiger partial charge in [0.05, 0.1) is 11.6 Å². The Morgan fingerprint density at radius 1 is 0.967 bits per heavy atom. The number of pyridine rings is 1. The number of H-pyrrole nitrogens is 1. The van der Waals surface area contributed by atoms with Crippen molar-refractivity contribution in [1.29, 1.82) is 0 Å². The molecule has 5 rings (SSSR count). The number of hydrogen-bond donors (Lipinski definition) is 1. The van der Waals surface area contributed by atoms with Crippen LogP contribution in [0, 0.1) is 5.21 Å². The van der Waals surface area contributed by atoms with Crippen molar-refractivity contribution in [2.75, 3.05) is 13.1 Å². The van der Waals surface area contributed by atoms with E-state index in [1.807, 2.05) is 36.5 Å². The molecule has 0 unspecified atom stereocenters. The van der Waals surface area contributed by atoms with Crippen LogP contribution in [0.3, 0.4) is 0 Å². The molecule has 0 amide bonds. The zero-order valence-corrected chi connectivity index (χ0v) is 17.0. The highest BCUT2D eigenvalue weighted by atomic mass is 16.5. The average Bonchev–Trinajstić information content (AvgIpc) is 3.25. The second-order valence-electron chi connectivity index (χ2n) is 8.21. The van der Waals surface area contributed by atoms with Gasteiger partial charge in [-0.25, -0.2) is 0 Å². The molecule has 0 bridgehead atoms. The second kappa shape index (κ2) is 8.28. The first-order chi connectivity index (χ1) is 14.8. The van der Waals surface area contributed by atoms with Gasteiger partial charge >= 0.3 is 0 Å². The number of para-hydroxylation sites is 1. The Bertz CT molecular complexity index is 1130. The van der Waals surface area contributed by atoms with Crippen molar-refractivity contribution in [2.24, 2.45) is 0 Å². The quantitative estimate of drug-likeness (QED) is 0.406. The molecule has 0 radical (unpaired) electrons. The molecule has 2 aromatic carbocycles. The minimum Gasteiger partial charge on any atom is -0.618 e. The van der Waals surface area contributed by atoms with Gasteiger partial charge < -0.3 is 5.21 Å². The number of aromatic nitrogens is 3. The van der Waals surface area contributed by atoms with E-state index in [9.17, 15) is 5.21 Å². The number of rotatable bonds is 5. The van der Waals surface area contributed by atoms with Crippen molar-refractivity contribution in [3.8, 4) is 0 Å². The van der Waals surface area contributed by atoms with E-state index in [4.69, 9.17) is 0 Å². The predicted molar refractivity (Wildman–Crippen MR) is 118 cm³/mol. The fourth-order valence-electron chi connectivity index (χ4n) is 4.65. The van der Waals surface area contributed by atoms with Crippen LogP contribution >= 0.6 is 0 Å². The highest BCUT2D eigenvalue weighted by Crippen LogP contribution is 2.31. The normalized spacial score (nSPS) is 15.6. The molecule has 5 heteroatoms. The Morgan fingerprint density at radius 2 is 1.73 bits per heavy atom. The molecule has 30 heavy (non-hydrogen) atoms. The van der Waals surface area contributed by atoms with E-state index >= 15 is 0 Å². The monoisotopic (exact) mass is 398 g/mol. The Labute approximate surface area is 176 Å². The first kappa shape index (κ1) is 18.8. The lowest BCUT2D eigenvalue weighted by molar-refractivity contribution is -0.577. The van der Waals surface area contributed by atoms with Gasteiger partial charge in [0.2, 0.25) is 5.52 Å². The maximum atomic E-state index is 12.1. The summed E-state index contributed by atoms with van der Waals surface area (Å²) in [5.41, 5.74) is 5.91. The molecule has 4 aromatic rings. The summed E-state index contributed by atoms with van der Waals surface area (Å²) in [6.45, 7) is 2.98. The third-order valence-corrected chi connectivity index (χ3v) is 6.28. The van der Waals surface area contributed by atoms with Gasteiger partial charge in [0.25, 0.3) is 0 Å². The number of nitrogens with zero attached hydrogens (tertiary/aromatic N) is 3. The molecule has 1 N–H and O–H groups in total. The predicted octanol–water partition coefficient (Wildman–Crippen LogP) is 4.17. The lowest BCUT2D eigenvalue weighted by Gasteiger charge is -2.32. The van der Waals surface area contributed by atoms with E-state index in [0.29, 0.717) is 5.92 Å². The van der Waals surface area contributed by atoms with Crippen LogP contribution < -0.4 is 4.73 Å². The van der Waals surface area contributed by atoms with Gasteiger partial charge in [-0.05, 0) is 48.7 Å². The summed E-state index contributed by atoms with van der Waals surface area (Å²) in [4.78, 5) is 2.50. The van der Waals surface area contributed by atoms with Crippen molar-refractivity contribution in [1.82, 2.24) is 15.1 Å². The molecular weight excluding hydrogens is 372 g/mol. The molecule has 2 aromatic heterocycles. The number of likely N-dealkylation sites (tertiary alicyclic amines) is 1. The third kappa shape index (κ3) is 3.81. The van der Waals surface area contributed by atoms with Crippen molar-refractivity contribution in [3.05, 3.63) is 101 Å². The van der Waals surface area contributed by atoms with E-state index in [-0.39, 0.29) is 0 Å². The second-order valence-corrected chi connectivity index (χ2v) is 8.21. The molecular formula is C25H26N4O. The molecule has 152 valence electrons. The smallest absolute Gasteiger partial charge is 0.224 e. The van der Waals surface area contributed by atoms with Crippen LogP contribution in [0.15, 0.2) is 73.1 Å². The Balaban J connectivity index is 1.26. The summed E-state index contributed by atoms with van der Waals surface area (Å²) in [6, 6.07) is 20.4. The third-order valence-electron chi connectivity index (χ3n) is 6.28. The minimum absolute atomic E-state index is 0.527. The Kier molecular flexibility index (Phi) is 5.20. The summed E-state index contributed by atoms with van der Waals surface area (Å²) in [7, 11) is 0. The number of aromatic amines is 1. The summed E-state index contributed by atoms with van der Waals surface area (Å²) in [5.74, 6) is 0.527. The minimum atomic E-state index is 0.527. The molecule has 0 saturated carbocycles. The molecule has 0 spiro atoms. The topological polar surface area (TPSA) is 58.9 Å². The summed E-state index contributed by atoms with van der Waals surface area (Å²) < 4.78 is 0.956. The molecule has 1 fully saturated rings. The highest BCUT2D eigenvalue weighted by molar-refractivity contribution is 5.79. The first-order valence-corrected chi connectivity index (χ1v) is 10.7. The van der Waals surface area contributed by atoms with Gasteiger partial charge in [0, 0.05) is 36.7 Å². The maximum absolute atomic E-state index is 12.1. The van der Waals surface area contributed by atoms with Crippen LogP contribution in [-0.2, 0) is 13.0 Å². The summed E-state index contributed by atoms with van der Waals surface area (Å²) in [6.07, 6.45) is 6.79. The van der Waals surface area contributed by atoms with Gasteiger partial charge in [-0.3, -0.25) is 10.00 Å². The van der Waals surface area contributed by atoms with Gasteiger partial charge in [0.1, 0.15) is 0 Å². The molecule has 0 atom stereocenters. The average molecular weight is 399 g/mol. The van der Waals surface area contributed by atoms with Crippen LogP contribution in [0.4, 0.5) is 0 Å². The molecule has 1 aliphatic heterocycles. The largest absolute Gasteiger partial charge is 0.618 e. The van der Waals surface area contributed by atoms with E-state index in [1.165, 1.54) is 22.4 Å². The number of benzene rings is 2. The fourth-order valence-corrected chi connectivity index (χ4v) is 4.65. The summed E-state index contributed by atoms with van der Waals surface area (Å²) >= 11 is 0. The van der Waals surface area contributed by atoms with Crippen molar-refractivity contribution in [3.63, 3.8) is 0 Å². The molecule has 0 aliphatic carbocycles. The van der Waals surface area contributed by atoms with E-state index in [1.54, 1.807) is 6.20 Å². The van der Waals surface area contributed by atoms with E-state index in [2.05, 4.69) is 45.4 Å². The van der Waals surface area contributed by atoms with Gasteiger partial charge in [-0.15, -0.1) is 0 Å². The van der Waals surface area contributed by atoms with Crippen molar-refractivity contribution < 1.29 is 4.73 Å². The zero-order chi connectivity index (χ0) is 20.3. The lowest BCUT2D eigenvalue weighted by atomic mass is 9.89. The molecule has 3 heterocycles. The van der Waals surface area contributed by atoms with Gasteiger partial charge in [0.15, 0.2) is 6.20 Å². The van der Waals surface area contributed by atoms with Crippen molar-refractivity contribution in [2.45, 2.75) is 31.7 Å². The Hall–Kier alpha value is -3.18. The van der Waals surface area contributed by atoms with E-state index in [0.717, 1.165) is 54.5 Å². The van der Waals surface area contributed by atoms with Crippen LogP contribution in [0.1, 0.15) is 41.1 Å². The molecule has 1 aliphatic rings. The van der Waals surface area contributed by atoms with Crippen LogP contribution in [0.2, 0.25) is 0 Å². The zero-order valence-electron chi connectivity index (χ0n) is 17.0. The first-order valence-electron chi connectivity index (χ1n) is 10.7. The molecule has 5 nitrogen and oxygen atoms in total. The number of hydrogen-bond acceptors (Lipinski definition) is 3. The molecule has 1 saturated heterocycles. The van der Waals surface area contributed by atoms with Crippen LogP contribution in [0.25, 0.3) is 10.9 Å². The standard InChI is InChI=1S/C25H26N4O/c30-29-15-12-21(23-8-4-5-9-24(23)29)18-28-13-10-20(11-14-28)25-22(17-26-27-25)16-19-6-2-1-3-7-19/h1-9,12,15,17,20H,10-11,13-14,16,18H2,(H,26,27). The van der Waals surface area contributed by atoms with Crippen LogP contribution in [0.5, 0.6) is 0 Å². The number of fused-ring (bicyclic) bond motifs is 1.